The van der Waals surface area contributed by atoms with E-state index in [1.54, 1.807) is 13.0 Å². The summed E-state index contributed by atoms with van der Waals surface area (Å²) < 4.78 is 84.6. The number of sulfonamides is 1. The van der Waals surface area contributed by atoms with Gasteiger partial charge in [-0.25, -0.2) is 30.7 Å². The van der Waals surface area contributed by atoms with E-state index < -0.39 is 51.4 Å². The van der Waals surface area contributed by atoms with Crippen LogP contribution < -0.4 is 4.72 Å². The van der Waals surface area contributed by atoms with Gasteiger partial charge < -0.3 is 4.90 Å². The third-order valence-corrected chi connectivity index (χ3v) is 7.78. The van der Waals surface area contributed by atoms with E-state index in [0.717, 1.165) is 17.0 Å². The summed E-state index contributed by atoms with van der Waals surface area (Å²) in [4.78, 5) is 14.1. The topological polar surface area (TPSA) is 66.5 Å². The van der Waals surface area contributed by atoms with Crippen LogP contribution in [0.25, 0.3) is 11.1 Å². The Morgan fingerprint density at radius 1 is 1.21 bits per heavy atom. The molecule has 1 amide bonds. The summed E-state index contributed by atoms with van der Waals surface area (Å²) in [6.07, 6.45) is -1.64. The molecular weight excluding hydrogens is 460 g/mol. The lowest BCUT2D eigenvalue weighted by Crippen LogP contribution is -2.64. The highest BCUT2D eigenvalue weighted by Crippen LogP contribution is 2.59. The Hall–Kier alpha value is -2.46. The minimum Gasteiger partial charge on any atom is -0.332 e. The molecule has 1 aliphatic heterocycles. The number of nitrogens with one attached hydrogen (secondary N) is 1. The van der Waals surface area contributed by atoms with E-state index in [-0.39, 0.29) is 42.0 Å². The van der Waals surface area contributed by atoms with Gasteiger partial charge in [-0.3, -0.25) is 4.79 Å². The van der Waals surface area contributed by atoms with E-state index in [1.165, 1.54) is 25.1 Å². The van der Waals surface area contributed by atoms with Crippen molar-refractivity contribution in [3.63, 3.8) is 0 Å². The molecule has 2 fully saturated rings. The summed E-state index contributed by atoms with van der Waals surface area (Å²) in [5.74, 6) is -3.68. The molecule has 1 saturated carbocycles. The molecule has 2 aromatic rings. The van der Waals surface area contributed by atoms with Gasteiger partial charge in [-0.05, 0) is 37.1 Å². The van der Waals surface area contributed by atoms with Crippen molar-refractivity contribution in [2.24, 2.45) is 5.92 Å². The molecule has 1 saturated heterocycles. The minimum absolute atomic E-state index is 0.00370. The number of carbonyl (C=O) groups is 1. The molecule has 4 atom stereocenters. The highest BCUT2D eigenvalue weighted by Gasteiger charge is 2.64. The van der Waals surface area contributed by atoms with Crippen LogP contribution in [0.5, 0.6) is 0 Å². The Morgan fingerprint density at radius 3 is 2.48 bits per heavy atom. The molecule has 2 aromatic carbocycles. The van der Waals surface area contributed by atoms with E-state index >= 15 is 4.39 Å². The Balaban J connectivity index is 1.59. The monoisotopic (exact) mass is 484 g/mol. The van der Waals surface area contributed by atoms with Crippen molar-refractivity contribution in [2.45, 2.75) is 38.2 Å². The summed E-state index contributed by atoms with van der Waals surface area (Å²) in [7, 11) is -3.58. The quantitative estimate of drug-likeness (QED) is 0.611. The van der Waals surface area contributed by atoms with Gasteiger partial charge in [-0.1, -0.05) is 29.8 Å². The summed E-state index contributed by atoms with van der Waals surface area (Å²) >= 11 is 0. The fourth-order valence-electron chi connectivity index (χ4n) is 4.31. The Bertz CT molecular complexity index is 1190. The second kappa shape index (κ2) is 8.39. The highest BCUT2D eigenvalue weighted by molar-refractivity contribution is 7.89. The molecule has 10 heteroatoms. The molecule has 0 radical (unpaired) electrons. The predicted molar refractivity (Wildman–Crippen MR) is 115 cm³/mol. The smallest absolute Gasteiger partial charge is 0.229 e. The first-order valence-corrected chi connectivity index (χ1v) is 12.3. The number of aryl methyl sites for hydroxylation is 1. The van der Waals surface area contributed by atoms with Gasteiger partial charge in [0.05, 0.1) is 29.8 Å². The van der Waals surface area contributed by atoms with Crippen LogP contribution in [0.2, 0.25) is 0 Å². The molecule has 4 rings (SSSR count). The molecular formula is C23H24F4N2O3S. The number of halogens is 4. The molecule has 2 aliphatic rings. The number of alkyl halides is 2. The minimum atomic E-state index is -3.58. The number of nitrogens with zero attached hydrogens (tertiary/aromatic N) is 1. The lowest BCUT2D eigenvalue weighted by atomic mass is 9.91. The van der Waals surface area contributed by atoms with Crippen LogP contribution in [0.3, 0.4) is 0 Å². The third kappa shape index (κ3) is 4.26. The first-order chi connectivity index (χ1) is 15.5. The summed E-state index contributed by atoms with van der Waals surface area (Å²) in [5.41, 5.74) is -1.84. The Morgan fingerprint density at radius 2 is 1.88 bits per heavy atom. The van der Waals surface area contributed by atoms with Crippen LogP contribution in [0.15, 0.2) is 36.4 Å². The van der Waals surface area contributed by atoms with Crippen LogP contribution >= 0.6 is 0 Å². The number of amides is 1. The SMILES string of the molecule is CCS(=O)(=O)NC[C@@H]1[C@H](F)CN1C(=O)[C@@H]1C[C@@]1(F)c1ccc(C)cc1-c1c(F)cccc1F. The van der Waals surface area contributed by atoms with E-state index in [2.05, 4.69) is 4.72 Å². The predicted octanol–water partition coefficient (Wildman–Crippen LogP) is 3.61. The lowest BCUT2D eigenvalue weighted by molar-refractivity contribution is -0.147. The molecule has 1 aliphatic carbocycles. The molecule has 178 valence electrons. The maximum absolute atomic E-state index is 16.0. The summed E-state index contributed by atoms with van der Waals surface area (Å²) in [5, 5.41) is 0. The fraction of sp³-hybridized carbons (Fsp3) is 0.435. The van der Waals surface area contributed by atoms with Gasteiger partial charge >= 0.3 is 0 Å². The number of likely N-dealkylation sites (tertiary alicyclic amines) is 1. The van der Waals surface area contributed by atoms with Crippen molar-refractivity contribution in [2.75, 3.05) is 18.8 Å². The average molecular weight is 485 g/mol. The molecule has 33 heavy (non-hydrogen) atoms. The summed E-state index contributed by atoms with van der Waals surface area (Å²) in [6, 6.07) is 6.84. The van der Waals surface area contributed by atoms with Gasteiger partial charge in [0.1, 0.15) is 23.5 Å². The number of benzene rings is 2. The Labute approximate surface area is 189 Å². The van der Waals surface area contributed by atoms with E-state index in [1.807, 2.05) is 0 Å². The average Bonchev–Trinajstić information content (AvgIpc) is 3.44. The van der Waals surface area contributed by atoms with Crippen molar-refractivity contribution in [3.05, 3.63) is 59.2 Å². The molecule has 0 unspecified atom stereocenters. The van der Waals surface area contributed by atoms with Gasteiger partial charge in [0.25, 0.3) is 0 Å². The van der Waals surface area contributed by atoms with Gasteiger partial charge in [-0.15, -0.1) is 0 Å². The molecule has 0 aromatic heterocycles. The second-order valence-corrected chi connectivity index (χ2v) is 10.7. The fourth-order valence-corrected chi connectivity index (χ4v) is 4.94. The standard InChI is InChI=1S/C23H24F4N2O3S/c1-3-33(31,32)28-11-20-19(26)12-29(20)22(30)16-10-23(16,27)15-8-7-13(2)9-14(15)21-17(24)5-4-6-18(21)25/h4-9,16,19-20,28H,3,10-12H2,1-2H3/t16-,19+,20+,23+/m0/s1. The summed E-state index contributed by atoms with van der Waals surface area (Å²) in [6.45, 7) is 2.58. The van der Waals surface area contributed by atoms with Crippen LogP contribution in [0.1, 0.15) is 24.5 Å². The van der Waals surface area contributed by atoms with Gasteiger partial charge in [0, 0.05) is 13.0 Å². The second-order valence-electron chi connectivity index (χ2n) is 8.59. The molecule has 0 bridgehead atoms. The zero-order chi connectivity index (χ0) is 24.1. The molecule has 5 nitrogen and oxygen atoms in total. The van der Waals surface area contributed by atoms with E-state index in [9.17, 15) is 26.4 Å². The number of carbonyl (C=O) groups excluding carboxylic acids is 1. The number of hydrogen-bond acceptors (Lipinski definition) is 3. The van der Waals surface area contributed by atoms with Crippen molar-refractivity contribution >= 4 is 15.9 Å². The van der Waals surface area contributed by atoms with Gasteiger partial charge in [0.15, 0.2) is 0 Å². The Kier molecular flexibility index (Phi) is 6.03. The van der Waals surface area contributed by atoms with Crippen molar-refractivity contribution in [1.82, 2.24) is 9.62 Å². The van der Waals surface area contributed by atoms with Gasteiger partial charge in [0.2, 0.25) is 15.9 Å². The van der Waals surface area contributed by atoms with Crippen molar-refractivity contribution in [3.8, 4) is 11.1 Å². The highest BCUT2D eigenvalue weighted by atomic mass is 32.2. The maximum Gasteiger partial charge on any atom is 0.229 e. The number of rotatable bonds is 7. The van der Waals surface area contributed by atoms with Gasteiger partial charge in [-0.2, -0.15) is 0 Å². The first-order valence-electron chi connectivity index (χ1n) is 10.6. The molecule has 0 spiro atoms. The largest absolute Gasteiger partial charge is 0.332 e. The van der Waals surface area contributed by atoms with Crippen molar-refractivity contribution < 1.29 is 30.8 Å². The van der Waals surface area contributed by atoms with Crippen LogP contribution in [0.4, 0.5) is 17.6 Å². The van der Waals surface area contributed by atoms with Crippen LogP contribution in [-0.2, 0) is 20.5 Å². The zero-order valence-corrected chi connectivity index (χ0v) is 18.9. The van der Waals surface area contributed by atoms with Crippen LogP contribution in [-0.4, -0.2) is 50.3 Å². The van der Waals surface area contributed by atoms with Crippen molar-refractivity contribution in [1.29, 1.82) is 0 Å². The molecule has 1 heterocycles. The first kappa shape index (κ1) is 23.7. The zero-order valence-electron chi connectivity index (χ0n) is 18.1. The third-order valence-electron chi connectivity index (χ3n) is 6.41. The molecule has 1 N–H and O–H groups in total. The van der Waals surface area contributed by atoms with Crippen LogP contribution in [0, 0.1) is 24.5 Å². The lowest BCUT2D eigenvalue weighted by Gasteiger charge is -2.44. The maximum atomic E-state index is 16.0. The number of hydrogen-bond donors (Lipinski definition) is 1. The van der Waals surface area contributed by atoms with E-state index in [0.29, 0.717) is 5.56 Å². The van der Waals surface area contributed by atoms with E-state index in [4.69, 9.17) is 0 Å². The normalized spacial score (nSPS) is 26.7.